The zero-order valence-corrected chi connectivity index (χ0v) is 19.7. The number of alkyl halides is 6. The van der Waals surface area contributed by atoms with Gasteiger partial charge in [-0.15, -0.1) is 0 Å². The Bertz CT molecular complexity index is 998. The first kappa shape index (κ1) is 28.2. The SMILES string of the molecule is COCCN(Cc1cccn1C)C(=O)CN(C(=O)c1cc(C(F)(F)F)cc(C(F)(F)F)c1)C(C)C. The summed E-state index contributed by atoms with van der Waals surface area (Å²) in [6, 6.07) is 3.57. The highest BCUT2D eigenvalue weighted by atomic mass is 19.4. The molecule has 0 aliphatic carbocycles. The lowest BCUT2D eigenvalue weighted by atomic mass is 10.0. The van der Waals surface area contributed by atoms with E-state index in [0.29, 0.717) is 12.1 Å². The van der Waals surface area contributed by atoms with Gasteiger partial charge in [0.1, 0.15) is 6.54 Å². The summed E-state index contributed by atoms with van der Waals surface area (Å²) in [5.41, 5.74) is -3.23. The summed E-state index contributed by atoms with van der Waals surface area (Å²) in [6.45, 7) is 3.02. The molecule has 0 bridgehead atoms. The maximum absolute atomic E-state index is 13.2. The molecule has 2 aromatic rings. The minimum Gasteiger partial charge on any atom is -0.383 e. The highest BCUT2D eigenvalue weighted by molar-refractivity contribution is 5.97. The first-order chi connectivity index (χ1) is 16.1. The normalized spacial score (nSPS) is 12.2. The Morgan fingerprint density at radius 1 is 1.03 bits per heavy atom. The van der Waals surface area contributed by atoms with Gasteiger partial charge in [-0.05, 0) is 44.2 Å². The smallest absolute Gasteiger partial charge is 0.383 e. The molecule has 0 saturated heterocycles. The molecule has 1 heterocycles. The molecule has 0 fully saturated rings. The lowest BCUT2D eigenvalue weighted by molar-refractivity contribution is -0.143. The topological polar surface area (TPSA) is 54.8 Å². The number of carbonyl (C=O) groups is 2. The second-order valence-corrected chi connectivity index (χ2v) is 8.24. The van der Waals surface area contributed by atoms with E-state index in [2.05, 4.69) is 0 Å². The molecule has 0 saturated carbocycles. The molecule has 1 aromatic carbocycles. The van der Waals surface area contributed by atoms with E-state index >= 15 is 0 Å². The molecule has 6 nitrogen and oxygen atoms in total. The van der Waals surface area contributed by atoms with E-state index in [1.807, 2.05) is 0 Å². The molecule has 0 unspecified atom stereocenters. The van der Waals surface area contributed by atoms with Crippen molar-refractivity contribution >= 4 is 11.8 Å². The maximum Gasteiger partial charge on any atom is 0.416 e. The van der Waals surface area contributed by atoms with Gasteiger partial charge in [-0.2, -0.15) is 26.3 Å². The molecule has 194 valence electrons. The van der Waals surface area contributed by atoms with E-state index < -0.39 is 53.4 Å². The molecule has 2 amide bonds. The van der Waals surface area contributed by atoms with Crippen LogP contribution in [0.1, 0.15) is 41.0 Å². The van der Waals surface area contributed by atoms with Crippen LogP contribution in [0, 0.1) is 0 Å². The summed E-state index contributed by atoms with van der Waals surface area (Å²) in [6.07, 6.45) is -8.41. The predicted molar refractivity (Wildman–Crippen MR) is 115 cm³/mol. The summed E-state index contributed by atoms with van der Waals surface area (Å²) in [5.74, 6) is -1.65. The number of ether oxygens (including phenoxy) is 1. The zero-order valence-electron chi connectivity index (χ0n) is 19.7. The fourth-order valence-corrected chi connectivity index (χ4v) is 3.33. The van der Waals surface area contributed by atoms with Crippen molar-refractivity contribution < 1.29 is 40.7 Å². The summed E-state index contributed by atoms with van der Waals surface area (Å²) in [4.78, 5) is 28.5. The third kappa shape index (κ3) is 7.48. The summed E-state index contributed by atoms with van der Waals surface area (Å²) in [5, 5.41) is 0. The van der Waals surface area contributed by atoms with Crippen LogP contribution >= 0.6 is 0 Å². The molecular weight excluding hydrogens is 480 g/mol. The van der Waals surface area contributed by atoms with Crippen LogP contribution in [0.3, 0.4) is 0 Å². The average molecular weight is 507 g/mol. The Hall–Kier alpha value is -3.02. The number of hydrogen-bond donors (Lipinski definition) is 0. The Balaban J connectivity index is 2.38. The van der Waals surface area contributed by atoms with Crippen LogP contribution < -0.4 is 0 Å². The van der Waals surface area contributed by atoms with Gasteiger partial charge in [-0.25, -0.2) is 0 Å². The van der Waals surface area contributed by atoms with Gasteiger partial charge in [0.25, 0.3) is 5.91 Å². The third-order valence-corrected chi connectivity index (χ3v) is 5.35. The van der Waals surface area contributed by atoms with Gasteiger partial charge in [0.15, 0.2) is 0 Å². The number of aryl methyl sites for hydroxylation is 1. The van der Waals surface area contributed by atoms with Crippen molar-refractivity contribution in [3.63, 3.8) is 0 Å². The van der Waals surface area contributed by atoms with Crippen LogP contribution in [-0.4, -0.2) is 59.0 Å². The van der Waals surface area contributed by atoms with Gasteiger partial charge in [0, 0.05) is 44.2 Å². The molecule has 0 N–H and O–H groups in total. The van der Waals surface area contributed by atoms with Crippen molar-refractivity contribution in [1.29, 1.82) is 0 Å². The van der Waals surface area contributed by atoms with Crippen molar-refractivity contribution in [3.05, 3.63) is 58.9 Å². The van der Waals surface area contributed by atoms with Crippen molar-refractivity contribution in [2.45, 2.75) is 38.8 Å². The van der Waals surface area contributed by atoms with Gasteiger partial charge < -0.3 is 19.1 Å². The highest BCUT2D eigenvalue weighted by Gasteiger charge is 2.38. The van der Waals surface area contributed by atoms with Gasteiger partial charge in [-0.3, -0.25) is 9.59 Å². The van der Waals surface area contributed by atoms with E-state index in [9.17, 15) is 35.9 Å². The van der Waals surface area contributed by atoms with Crippen molar-refractivity contribution in [1.82, 2.24) is 14.4 Å². The summed E-state index contributed by atoms with van der Waals surface area (Å²) in [7, 11) is 3.23. The van der Waals surface area contributed by atoms with Crippen LogP contribution in [0.4, 0.5) is 26.3 Å². The molecular formula is C23H27F6N3O3. The fraction of sp³-hybridized carbons (Fsp3) is 0.478. The molecule has 0 aliphatic rings. The number of benzene rings is 1. The number of nitrogens with zero attached hydrogens (tertiary/aromatic N) is 3. The van der Waals surface area contributed by atoms with E-state index in [4.69, 9.17) is 4.74 Å². The quantitative estimate of drug-likeness (QED) is 0.467. The number of carbonyl (C=O) groups excluding carboxylic acids is 2. The Labute approximate surface area is 199 Å². The fourth-order valence-electron chi connectivity index (χ4n) is 3.33. The van der Waals surface area contributed by atoms with Crippen molar-refractivity contribution in [3.8, 4) is 0 Å². The Morgan fingerprint density at radius 3 is 2.03 bits per heavy atom. The van der Waals surface area contributed by atoms with Crippen LogP contribution in [0.15, 0.2) is 36.5 Å². The van der Waals surface area contributed by atoms with Gasteiger partial charge in [0.05, 0.1) is 24.3 Å². The first-order valence-corrected chi connectivity index (χ1v) is 10.6. The van der Waals surface area contributed by atoms with E-state index in [-0.39, 0.29) is 25.8 Å². The monoisotopic (exact) mass is 507 g/mol. The maximum atomic E-state index is 13.2. The predicted octanol–water partition coefficient (Wildman–Crippen LogP) is 4.59. The number of halogens is 6. The summed E-state index contributed by atoms with van der Waals surface area (Å²) >= 11 is 0. The molecule has 0 radical (unpaired) electrons. The van der Waals surface area contributed by atoms with Crippen molar-refractivity contribution in [2.75, 3.05) is 26.8 Å². The van der Waals surface area contributed by atoms with Crippen LogP contribution in [0.5, 0.6) is 0 Å². The van der Waals surface area contributed by atoms with Crippen LogP contribution in [0.2, 0.25) is 0 Å². The van der Waals surface area contributed by atoms with Crippen LogP contribution in [0.25, 0.3) is 0 Å². The number of methoxy groups -OCH3 is 1. The minimum atomic E-state index is -5.10. The summed E-state index contributed by atoms with van der Waals surface area (Å²) < 4.78 is 86.3. The number of hydrogen-bond acceptors (Lipinski definition) is 3. The molecule has 35 heavy (non-hydrogen) atoms. The number of aromatic nitrogens is 1. The molecule has 0 aliphatic heterocycles. The van der Waals surface area contributed by atoms with Crippen LogP contribution in [-0.2, 0) is 35.5 Å². The molecule has 12 heteroatoms. The standard InChI is InChI=1S/C23H27F6N3O3/c1-15(2)32(14-20(33)31(8-9-35-4)13-19-6-5-7-30(19)3)21(34)16-10-17(22(24,25)26)12-18(11-16)23(27,28)29/h5-7,10-12,15H,8-9,13-14H2,1-4H3. The van der Waals surface area contributed by atoms with E-state index in [1.165, 1.54) is 25.9 Å². The number of amides is 2. The van der Waals surface area contributed by atoms with Gasteiger partial charge in [0.2, 0.25) is 5.91 Å². The second kappa shape index (κ2) is 11.1. The van der Waals surface area contributed by atoms with Gasteiger partial charge in [-0.1, -0.05) is 0 Å². The average Bonchev–Trinajstić information content (AvgIpc) is 3.16. The first-order valence-electron chi connectivity index (χ1n) is 10.6. The molecule has 2 rings (SSSR count). The second-order valence-electron chi connectivity index (χ2n) is 8.24. The minimum absolute atomic E-state index is 0.0476. The van der Waals surface area contributed by atoms with E-state index in [1.54, 1.807) is 29.9 Å². The van der Waals surface area contributed by atoms with Gasteiger partial charge >= 0.3 is 12.4 Å². The van der Waals surface area contributed by atoms with Crippen molar-refractivity contribution in [2.24, 2.45) is 7.05 Å². The Morgan fingerprint density at radius 2 is 1.60 bits per heavy atom. The zero-order chi connectivity index (χ0) is 26.6. The Kier molecular flexibility index (Phi) is 8.99. The van der Waals surface area contributed by atoms with E-state index in [0.717, 1.165) is 10.6 Å². The largest absolute Gasteiger partial charge is 0.416 e. The molecule has 0 spiro atoms. The molecule has 0 atom stereocenters. The highest BCUT2D eigenvalue weighted by Crippen LogP contribution is 2.36. The molecule has 1 aromatic heterocycles. The third-order valence-electron chi connectivity index (χ3n) is 5.35. The lowest BCUT2D eigenvalue weighted by Gasteiger charge is -2.30. The lowest BCUT2D eigenvalue weighted by Crippen LogP contribution is -2.46. The number of rotatable bonds is 9.